The van der Waals surface area contributed by atoms with Gasteiger partial charge in [-0.1, -0.05) is 31.4 Å². The molecule has 2 aromatic carbocycles. The maximum Gasteiger partial charge on any atom is 0.295 e. The molecule has 2 N–H and O–H groups in total. The minimum Gasteiger partial charge on any atom is -0.508 e. The number of likely N-dealkylation sites (tertiary alicyclic amines) is 1. The predicted octanol–water partition coefficient (Wildman–Crippen LogP) is 4.16. The number of Topliss-reactive ketones (excluding diaryl/α,β-unsaturated/α-hetero) is 1. The van der Waals surface area contributed by atoms with Crippen molar-refractivity contribution < 1.29 is 29.3 Å². The van der Waals surface area contributed by atoms with Crippen LogP contribution in [0.3, 0.4) is 0 Å². The lowest BCUT2D eigenvalue weighted by Gasteiger charge is -2.35. The number of benzene rings is 2. The number of hydrogen-bond donors (Lipinski definition) is 2. The number of methoxy groups -OCH3 is 2. The first-order valence-electron chi connectivity index (χ1n) is 10.8. The number of carbonyl (C=O) groups is 2. The zero-order valence-corrected chi connectivity index (χ0v) is 18.2. The SMILES string of the molecule is COc1ccc(/C(O)=C2/C(=O)C(=O)N(C3CCCCC3)C2c2cccc(O)c2)c(OC)c1. The van der Waals surface area contributed by atoms with Gasteiger partial charge in [-0.05, 0) is 42.7 Å². The van der Waals surface area contributed by atoms with Gasteiger partial charge in [-0.3, -0.25) is 9.59 Å². The second-order valence-corrected chi connectivity index (χ2v) is 8.16. The third kappa shape index (κ3) is 3.79. The highest BCUT2D eigenvalue weighted by atomic mass is 16.5. The van der Waals surface area contributed by atoms with Crippen molar-refractivity contribution in [1.29, 1.82) is 0 Å². The molecule has 168 valence electrons. The normalized spacial score (nSPS) is 21.1. The Morgan fingerprint density at radius 2 is 1.75 bits per heavy atom. The summed E-state index contributed by atoms with van der Waals surface area (Å²) in [4.78, 5) is 28.0. The van der Waals surface area contributed by atoms with E-state index in [2.05, 4.69) is 0 Å². The second-order valence-electron chi connectivity index (χ2n) is 8.16. The van der Waals surface area contributed by atoms with Gasteiger partial charge in [0.15, 0.2) is 0 Å². The summed E-state index contributed by atoms with van der Waals surface area (Å²) in [6, 6.07) is 10.4. The molecular formula is C25H27NO6. The molecular weight excluding hydrogens is 410 g/mol. The Morgan fingerprint density at radius 1 is 1.00 bits per heavy atom. The molecule has 0 radical (unpaired) electrons. The van der Waals surface area contributed by atoms with E-state index in [4.69, 9.17) is 9.47 Å². The number of phenols is 1. The van der Waals surface area contributed by atoms with Gasteiger partial charge in [0.05, 0.1) is 31.4 Å². The third-order valence-electron chi connectivity index (χ3n) is 6.30. The number of carbonyl (C=O) groups excluding carboxylic acids is 2. The predicted molar refractivity (Wildman–Crippen MR) is 119 cm³/mol. The van der Waals surface area contributed by atoms with Crippen molar-refractivity contribution in [3.8, 4) is 17.2 Å². The van der Waals surface area contributed by atoms with Crippen LogP contribution in [0.15, 0.2) is 48.0 Å². The molecule has 1 amide bonds. The van der Waals surface area contributed by atoms with E-state index < -0.39 is 17.7 Å². The fourth-order valence-electron chi connectivity index (χ4n) is 4.75. The molecule has 0 bridgehead atoms. The molecule has 7 heteroatoms. The molecule has 1 atom stereocenters. The fraction of sp³-hybridized carbons (Fsp3) is 0.360. The number of ketones is 1. The van der Waals surface area contributed by atoms with Crippen LogP contribution >= 0.6 is 0 Å². The van der Waals surface area contributed by atoms with Gasteiger partial charge in [0.1, 0.15) is 23.0 Å². The highest BCUT2D eigenvalue weighted by Gasteiger charge is 2.49. The molecule has 1 saturated carbocycles. The van der Waals surface area contributed by atoms with Crippen LogP contribution in [0.4, 0.5) is 0 Å². The first kappa shape index (κ1) is 21.7. The summed E-state index contributed by atoms with van der Waals surface area (Å²) >= 11 is 0. The lowest BCUT2D eigenvalue weighted by Crippen LogP contribution is -2.40. The number of aliphatic hydroxyl groups is 1. The van der Waals surface area contributed by atoms with Crippen LogP contribution in [0.25, 0.3) is 5.76 Å². The van der Waals surface area contributed by atoms with Gasteiger partial charge in [0, 0.05) is 12.1 Å². The number of nitrogens with zero attached hydrogens (tertiary/aromatic N) is 1. The molecule has 2 aromatic rings. The van der Waals surface area contributed by atoms with Crippen LogP contribution in [-0.4, -0.2) is 47.1 Å². The number of amides is 1. The average Bonchev–Trinajstić information content (AvgIpc) is 3.09. The molecule has 7 nitrogen and oxygen atoms in total. The molecule has 4 rings (SSSR count). The van der Waals surface area contributed by atoms with Gasteiger partial charge in [-0.25, -0.2) is 0 Å². The molecule has 32 heavy (non-hydrogen) atoms. The molecule has 1 saturated heterocycles. The van der Waals surface area contributed by atoms with Crippen molar-refractivity contribution in [3.05, 3.63) is 59.2 Å². The Balaban J connectivity index is 1.90. The third-order valence-corrected chi connectivity index (χ3v) is 6.30. The maximum atomic E-state index is 13.2. The van der Waals surface area contributed by atoms with Crippen molar-refractivity contribution in [2.75, 3.05) is 14.2 Å². The van der Waals surface area contributed by atoms with Gasteiger partial charge in [0.25, 0.3) is 11.7 Å². The largest absolute Gasteiger partial charge is 0.508 e. The van der Waals surface area contributed by atoms with E-state index in [1.807, 2.05) is 0 Å². The van der Waals surface area contributed by atoms with E-state index in [9.17, 15) is 19.8 Å². The smallest absolute Gasteiger partial charge is 0.295 e. The van der Waals surface area contributed by atoms with E-state index in [-0.39, 0.29) is 23.1 Å². The van der Waals surface area contributed by atoms with E-state index >= 15 is 0 Å². The Labute approximate surface area is 186 Å². The van der Waals surface area contributed by atoms with Crippen molar-refractivity contribution in [1.82, 2.24) is 4.90 Å². The summed E-state index contributed by atoms with van der Waals surface area (Å²) in [6.45, 7) is 0. The Kier molecular flexibility index (Phi) is 6.08. The minimum absolute atomic E-state index is 0.00496. The summed E-state index contributed by atoms with van der Waals surface area (Å²) in [5, 5.41) is 21.4. The number of aliphatic hydroxyl groups excluding tert-OH is 1. The summed E-state index contributed by atoms with van der Waals surface area (Å²) in [6.07, 6.45) is 4.65. The van der Waals surface area contributed by atoms with E-state index in [0.717, 1.165) is 32.1 Å². The summed E-state index contributed by atoms with van der Waals surface area (Å²) < 4.78 is 10.6. The highest BCUT2D eigenvalue weighted by molar-refractivity contribution is 6.46. The lowest BCUT2D eigenvalue weighted by molar-refractivity contribution is -0.141. The Bertz CT molecular complexity index is 1070. The molecule has 1 heterocycles. The number of rotatable bonds is 5. The van der Waals surface area contributed by atoms with Gasteiger partial charge < -0.3 is 24.6 Å². The quantitative estimate of drug-likeness (QED) is 0.414. The zero-order chi connectivity index (χ0) is 22.8. The summed E-state index contributed by atoms with van der Waals surface area (Å²) in [5.74, 6) is -0.794. The van der Waals surface area contributed by atoms with Crippen molar-refractivity contribution in [2.45, 2.75) is 44.2 Å². The van der Waals surface area contributed by atoms with Crippen LogP contribution < -0.4 is 9.47 Å². The van der Waals surface area contributed by atoms with Crippen molar-refractivity contribution >= 4 is 17.4 Å². The molecule has 0 spiro atoms. The standard InChI is InChI=1S/C25H27NO6/c1-31-18-11-12-19(20(14-18)32-2)23(28)21-22(15-7-6-10-17(27)13-15)26(25(30)24(21)29)16-8-4-3-5-9-16/h6-7,10-14,16,22,27-28H,3-5,8-9H2,1-2H3/b23-21-. The highest BCUT2D eigenvalue weighted by Crippen LogP contribution is 2.44. The minimum atomic E-state index is -0.794. The average molecular weight is 437 g/mol. The number of phenolic OH excluding ortho intramolecular Hbond substituents is 1. The number of ether oxygens (including phenoxy) is 2. The van der Waals surface area contributed by atoms with Gasteiger partial charge >= 0.3 is 0 Å². The number of hydrogen-bond acceptors (Lipinski definition) is 6. The van der Waals surface area contributed by atoms with Crippen LogP contribution in [-0.2, 0) is 9.59 Å². The van der Waals surface area contributed by atoms with E-state index in [1.165, 1.54) is 26.4 Å². The van der Waals surface area contributed by atoms with Crippen LogP contribution in [0.2, 0.25) is 0 Å². The number of aromatic hydroxyl groups is 1. The molecule has 2 fully saturated rings. The monoisotopic (exact) mass is 437 g/mol. The van der Waals surface area contributed by atoms with Gasteiger partial charge in [-0.15, -0.1) is 0 Å². The zero-order valence-electron chi connectivity index (χ0n) is 18.2. The lowest BCUT2D eigenvalue weighted by atomic mass is 9.90. The van der Waals surface area contributed by atoms with Crippen LogP contribution in [0.5, 0.6) is 17.2 Å². The first-order chi connectivity index (χ1) is 15.5. The Hall–Kier alpha value is -3.48. The van der Waals surface area contributed by atoms with Gasteiger partial charge in [-0.2, -0.15) is 0 Å². The molecule has 1 unspecified atom stereocenters. The maximum absolute atomic E-state index is 13.2. The molecule has 0 aromatic heterocycles. The van der Waals surface area contributed by atoms with Crippen molar-refractivity contribution in [3.63, 3.8) is 0 Å². The second kappa shape index (κ2) is 8.94. The van der Waals surface area contributed by atoms with Crippen LogP contribution in [0.1, 0.15) is 49.3 Å². The Morgan fingerprint density at radius 3 is 2.41 bits per heavy atom. The first-order valence-corrected chi connectivity index (χ1v) is 10.8. The summed E-state index contributed by atoms with van der Waals surface area (Å²) in [5.41, 5.74) is 0.860. The topological polar surface area (TPSA) is 96.3 Å². The van der Waals surface area contributed by atoms with Crippen LogP contribution in [0, 0.1) is 0 Å². The van der Waals surface area contributed by atoms with Gasteiger partial charge in [0.2, 0.25) is 0 Å². The molecule has 2 aliphatic rings. The van der Waals surface area contributed by atoms with Crippen molar-refractivity contribution in [2.24, 2.45) is 0 Å². The molecule has 1 aliphatic carbocycles. The fourth-order valence-corrected chi connectivity index (χ4v) is 4.75. The summed E-state index contributed by atoms with van der Waals surface area (Å²) in [7, 11) is 2.98. The van der Waals surface area contributed by atoms with E-state index in [0.29, 0.717) is 22.6 Å². The van der Waals surface area contributed by atoms with E-state index in [1.54, 1.807) is 35.2 Å². The molecule has 1 aliphatic heterocycles.